The summed E-state index contributed by atoms with van der Waals surface area (Å²) >= 11 is 1.52. The lowest BCUT2D eigenvalue weighted by Gasteiger charge is -2.10. The van der Waals surface area contributed by atoms with E-state index in [2.05, 4.69) is 85.3 Å². The summed E-state index contributed by atoms with van der Waals surface area (Å²) in [7, 11) is 0. The van der Waals surface area contributed by atoms with Crippen molar-refractivity contribution in [1.82, 2.24) is 9.99 Å². The van der Waals surface area contributed by atoms with Gasteiger partial charge in [0.1, 0.15) is 0 Å². The zero-order valence-electron chi connectivity index (χ0n) is 17.6. The van der Waals surface area contributed by atoms with Crippen molar-refractivity contribution in [3.8, 4) is 5.69 Å². The Kier molecular flexibility index (Phi) is 6.60. The molecule has 1 heterocycles. The summed E-state index contributed by atoms with van der Waals surface area (Å²) in [6, 6.07) is 18.7. The predicted octanol–water partition coefficient (Wildman–Crippen LogP) is 5.34. The fourth-order valence-corrected chi connectivity index (χ4v) is 4.00. The number of benzene rings is 2. The second kappa shape index (κ2) is 9.14. The van der Waals surface area contributed by atoms with Crippen LogP contribution in [0.5, 0.6) is 0 Å². The molecule has 0 radical (unpaired) electrons. The molecule has 5 heteroatoms. The topological polar surface area (TPSA) is 46.4 Å². The molecule has 3 aromatic rings. The van der Waals surface area contributed by atoms with Gasteiger partial charge in [0, 0.05) is 27.5 Å². The Morgan fingerprint density at radius 1 is 1.00 bits per heavy atom. The van der Waals surface area contributed by atoms with Crippen molar-refractivity contribution in [2.75, 3.05) is 0 Å². The van der Waals surface area contributed by atoms with E-state index in [1.807, 2.05) is 19.1 Å². The van der Waals surface area contributed by atoms with E-state index in [0.717, 1.165) is 27.5 Å². The molecule has 2 aromatic carbocycles. The normalized spacial score (nSPS) is 12.3. The van der Waals surface area contributed by atoms with Crippen molar-refractivity contribution in [2.24, 2.45) is 5.10 Å². The van der Waals surface area contributed by atoms with Crippen LogP contribution in [0.1, 0.15) is 35.0 Å². The van der Waals surface area contributed by atoms with Gasteiger partial charge in [-0.05, 0) is 65.0 Å². The summed E-state index contributed by atoms with van der Waals surface area (Å²) in [6.45, 7) is 10.2. The van der Waals surface area contributed by atoms with Crippen LogP contribution in [0.15, 0.2) is 64.6 Å². The molecule has 4 nitrogen and oxygen atoms in total. The van der Waals surface area contributed by atoms with Gasteiger partial charge in [-0.2, -0.15) is 5.10 Å². The van der Waals surface area contributed by atoms with Gasteiger partial charge in [0.15, 0.2) is 0 Å². The van der Waals surface area contributed by atoms with E-state index in [-0.39, 0.29) is 11.2 Å². The van der Waals surface area contributed by atoms with Gasteiger partial charge in [0.05, 0.1) is 11.5 Å². The average molecular weight is 406 g/mol. The minimum Gasteiger partial charge on any atom is -0.318 e. The molecule has 1 amide bonds. The van der Waals surface area contributed by atoms with Crippen LogP contribution in [0.4, 0.5) is 0 Å². The van der Waals surface area contributed by atoms with E-state index in [1.165, 1.54) is 22.9 Å². The first-order valence-corrected chi connectivity index (χ1v) is 10.6. The lowest BCUT2D eigenvalue weighted by Crippen LogP contribution is -2.26. The fraction of sp³-hybridized carbons (Fsp3) is 0.250. The van der Waals surface area contributed by atoms with Crippen LogP contribution in [-0.2, 0) is 4.79 Å². The standard InChI is InChI=1S/C24H27N3OS/c1-16-6-10-22(11-7-16)27-18(3)14-21(19(27)4)15-25-26-24(28)20(5)29-23-12-8-17(2)9-13-23/h6-15,20H,1-5H3,(H,26,28)/b25-15-/t20-/m1/s1. The molecule has 0 aliphatic carbocycles. The molecule has 1 atom stereocenters. The third kappa shape index (κ3) is 5.18. The monoisotopic (exact) mass is 405 g/mol. The Bertz CT molecular complexity index is 1020. The highest BCUT2D eigenvalue weighted by Gasteiger charge is 2.14. The summed E-state index contributed by atoms with van der Waals surface area (Å²) in [5, 5.41) is 3.96. The zero-order chi connectivity index (χ0) is 21.0. The van der Waals surface area contributed by atoms with Gasteiger partial charge in [-0.15, -0.1) is 11.8 Å². The minimum atomic E-state index is -0.227. The van der Waals surface area contributed by atoms with Gasteiger partial charge in [0.2, 0.25) is 0 Å². The molecule has 1 N–H and O–H groups in total. The van der Waals surface area contributed by atoms with Gasteiger partial charge >= 0.3 is 0 Å². The van der Waals surface area contributed by atoms with Crippen molar-refractivity contribution in [3.05, 3.63) is 82.7 Å². The second-order valence-electron chi connectivity index (χ2n) is 7.30. The number of hydrogen-bond acceptors (Lipinski definition) is 3. The molecular formula is C24H27N3OS. The Hall–Kier alpha value is -2.79. The number of hydrazone groups is 1. The van der Waals surface area contributed by atoms with Gasteiger partial charge in [0.25, 0.3) is 5.91 Å². The van der Waals surface area contributed by atoms with E-state index >= 15 is 0 Å². The maximum atomic E-state index is 12.4. The van der Waals surface area contributed by atoms with Gasteiger partial charge in [-0.3, -0.25) is 4.79 Å². The van der Waals surface area contributed by atoms with E-state index in [0.29, 0.717) is 0 Å². The number of amides is 1. The van der Waals surface area contributed by atoms with Gasteiger partial charge in [-0.1, -0.05) is 35.4 Å². The number of carbonyl (C=O) groups excluding carboxylic acids is 1. The molecule has 3 rings (SSSR count). The average Bonchev–Trinajstić information content (AvgIpc) is 2.97. The highest BCUT2D eigenvalue weighted by Crippen LogP contribution is 2.23. The zero-order valence-corrected chi connectivity index (χ0v) is 18.4. The minimum absolute atomic E-state index is 0.112. The first-order chi connectivity index (χ1) is 13.8. The number of nitrogens with one attached hydrogen (secondary N) is 1. The Labute approximate surface area is 177 Å². The number of rotatable bonds is 6. The Balaban J connectivity index is 1.65. The molecule has 0 fully saturated rings. The number of nitrogens with zero attached hydrogens (tertiary/aromatic N) is 2. The van der Waals surface area contributed by atoms with Crippen LogP contribution < -0.4 is 5.43 Å². The lowest BCUT2D eigenvalue weighted by atomic mass is 10.2. The molecular weight excluding hydrogens is 378 g/mol. The molecule has 1 aromatic heterocycles. The molecule has 0 aliphatic rings. The maximum Gasteiger partial charge on any atom is 0.253 e. The van der Waals surface area contributed by atoms with Crippen molar-refractivity contribution < 1.29 is 4.79 Å². The van der Waals surface area contributed by atoms with E-state index in [4.69, 9.17) is 0 Å². The predicted molar refractivity (Wildman–Crippen MR) is 122 cm³/mol. The van der Waals surface area contributed by atoms with Gasteiger partial charge in [-0.25, -0.2) is 5.43 Å². The van der Waals surface area contributed by atoms with E-state index in [1.54, 1.807) is 6.21 Å². The summed E-state index contributed by atoms with van der Waals surface area (Å²) in [4.78, 5) is 13.4. The quantitative estimate of drug-likeness (QED) is 0.342. The Morgan fingerprint density at radius 2 is 1.59 bits per heavy atom. The molecule has 29 heavy (non-hydrogen) atoms. The molecule has 150 valence electrons. The van der Waals surface area contributed by atoms with Crippen molar-refractivity contribution in [1.29, 1.82) is 0 Å². The molecule has 0 saturated carbocycles. The molecule has 0 unspecified atom stereocenters. The number of hydrogen-bond donors (Lipinski definition) is 1. The third-order valence-corrected chi connectivity index (χ3v) is 5.96. The van der Waals surface area contributed by atoms with Gasteiger partial charge < -0.3 is 4.57 Å². The molecule has 0 aliphatic heterocycles. The number of aryl methyl sites for hydroxylation is 3. The van der Waals surface area contributed by atoms with Crippen LogP contribution in [0.2, 0.25) is 0 Å². The number of thioether (sulfide) groups is 1. The number of aromatic nitrogens is 1. The maximum absolute atomic E-state index is 12.4. The lowest BCUT2D eigenvalue weighted by molar-refractivity contribution is -0.120. The molecule has 0 saturated heterocycles. The summed E-state index contributed by atoms with van der Waals surface area (Å²) in [6.07, 6.45) is 1.72. The fourth-order valence-electron chi connectivity index (χ4n) is 3.14. The van der Waals surface area contributed by atoms with E-state index < -0.39 is 0 Å². The van der Waals surface area contributed by atoms with Crippen molar-refractivity contribution in [3.63, 3.8) is 0 Å². The van der Waals surface area contributed by atoms with Crippen LogP contribution in [0.25, 0.3) is 5.69 Å². The SMILES string of the molecule is Cc1ccc(S[C@H](C)C(=O)N/N=C\c2cc(C)n(-c3ccc(C)cc3)c2C)cc1. The molecule has 0 bridgehead atoms. The first kappa shape index (κ1) is 20.9. The van der Waals surface area contributed by atoms with Crippen LogP contribution >= 0.6 is 11.8 Å². The first-order valence-electron chi connectivity index (χ1n) is 9.67. The van der Waals surface area contributed by atoms with Crippen molar-refractivity contribution >= 4 is 23.9 Å². The van der Waals surface area contributed by atoms with Crippen LogP contribution in [-0.4, -0.2) is 21.9 Å². The summed E-state index contributed by atoms with van der Waals surface area (Å²) in [5.74, 6) is -0.112. The highest BCUT2D eigenvalue weighted by molar-refractivity contribution is 8.00. The van der Waals surface area contributed by atoms with Crippen LogP contribution in [0, 0.1) is 27.7 Å². The summed E-state index contributed by atoms with van der Waals surface area (Å²) in [5.41, 5.74) is 9.44. The Morgan fingerprint density at radius 3 is 2.21 bits per heavy atom. The van der Waals surface area contributed by atoms with Crippen molar-refractivity contribution in [2.45, 2.75) is 44.8 Å². The molecule has 0 spiro atoms. The van der Waals surface area contributed by atoms with Crippen LogP contribution in [0.3, 0.4) is 0 Å². The van der Waals surface area contributed by atoms with E-state index in [9.17, 15) is 4.79 Å². The highest BCUT2D eigenvalue weighted by atomic mass is 32.2. The smallest absolute Gasteiger partial charge is 0.253 e. The second-order valence-corrected chi connectivity index (χ2v) is 8.72. The summed E-state index contributed by atoms with van der Waals surface area (Å²) < 4.78 is 2.19. The number of carbonyl (C=O) groups is 1. The third-order valence-electron chi connectivity index (χ3n) is 4.84. The largest absolute Gasteiger partial charge is 0.318 e.